The second-order valence-electron chi connectivity index (χ2n) is 3.28. The third-order valence-electron chi connectivity index (χ3n) is 2.13. The van der Waals surface area contributed by atoms with Crippen LogP contribution in [0.4, 0.5) is 0 Å². The lowest BCUT2D eigenvalue weighted by Crippen LogP contribution is -2.28. The Kier molecular flexibility index (Phi) is 4.62. The summed E-state index contributed by atoms with van der Waals surface area (Å²) in [6.07, 6.45) is 1.08. The van der Waals surface area contributed by atoms with Gasteiger partial charge in [0.2, 0.25) is 11.8 Å². The van der Waals surface area contributed by atoms with Gasteiger partial charge in [0.15, 0.2) is 0 Å². The largest absolute Gasteiger partial charge is 0.397 e. The van der Waals surface area contributed by atoms with E-state index >= 15 is 0 Å². The Hall–Kier alpha value is -0.900. The van der Waals surface area contributed by atoms with E-state index in [9.17, 15) is 9.59 Å². The van der Waals surface area contributed by atoms with Crippen molar-refractivity contribution in [2.24, 2.45) is 5.41 Å². The van der Waals surface area contributed by atoms with Crippen molar-refractivity contribution >= 4 is 11.8 Å². The summed E-state index contributed by atoms with van der Waals surface area (Å²) in [5.74, 6) is -0.269. The summed E-state index contributed by atoms with van der Waals surface area (Å²) in [5.41, 5.74) is -0.433. The van der Waals surface area contributed by atoms with Crippen LogP contribution in [0.2, 0.25) is 0 Å². The number of carbonyl (C=O) groups excluding carboxylic acids is 2. The van der Waals surface area contributed by atoms with Gasteiger partial charge in [-0.15, -0.1) is 0 Å². The van der Waals surface area contributed by atoms with E-state index in [1.807, 2.05) is 13.8 Å². The van der Waals surface area contributed by atoms with E-state index in [4.69, 9.17) is 5.11 Å². The minimum Gasteiger partial charge on any atom is -0.397 e. The molecule has 4 nitrogen and oxygen atoms in total. The molecular formula is C9H17NO3. The second-order valence-corrected chi connectivity index (χ2v) is 3.28. The van der Waals surface area contributed by atoms with Crippen LogP contribution in [-0.4, -0.2) is 23.5 Å². The smallest absolute Gasteiger partial charge is 0.232 e. The average molecular weight is 187 g/mol. The molecule has 0 aliphatic carbocycles. The first-order valence-electron chi connectivity index (χ1n) is 4.45. The maximum absolute atomic E-state index is 11.0. The Balaban J connectivity index is 0.000000424. The molecule has 0 radical (unpaired) electrons. The van der Waals surface area contributed by atoms with Gasteiger partial charge in [0.05, 0.1) is 5.41 Å². The van der Waals surface area contributed by atoms with Crippen molar-refractivity contribution in [3.05, 3.63) is 0 Å². The molecule has 76 valence electrons. The predicted molar refractivity (Wildman–Crippen MR) is 48.9 cm³/mol. The van der Waals surface area contributed by atoms with Crippen LogP contribution in [0.25, 0.3) is 0 Å². The lowest BCUT2D eigenvalue weighted by molar-refractivity contribution is -0.128. The maximum atomic E-state index is 11.0. The molecule has 1 unspecified atom stereocenters. The third-order valence-corrected chi connectivity index (χ3v) is 2.13. The zero-order valence-electron chi connectivity index (χ0n) is 8.39. The summed E-state index contributed by atoms with van der Waals surface area (Å²) < 4.78 is 0. The first-order valence-corrected chi connectivity index (χ1v) is 4.45. The van der Waals surface area contributed by atoms with Crippen LogP contribution in [0.1, 0.15) is 33.6 Å². The normalized spacial score (nSPS) is 26.5. The SMILES string of the molecule is CCC1(C)CC(=O)NC1=O.CCO. The number of imide groups is 1. The predicted octanol–water partition coefficient (Wildman–Crippen LogP) is 0.448. The summed E-state index contributed by atoms with van der Waals surface area (Å²) in [6, 6.07) is 0. The fourth-order valence-electron chi connectivity index (χ4n) is 1.04. The zero-order chi connectivity index (χ0) is 10.5. The quantitative estimate of drug-likeness (QED) is 0.586. The molecule has 1 heterocycles. The van der Waals surface area contributed by atoms with E-state index in [0.29, 0.717) is 6.42 Å². The average Bonchev–Trinajstić information content (AvgIpc) is 2.29. The molecule has 13 heavy (non-hydrogen) atoms. The minimum absolute atomic E-state index is 0.125. The van der Waals surface area contributed by atoms with E-state index in [2.05, 4.69) is 5.32 Å². The fourth-order valence-corrected chi connectivity index (χ4v) is 1.04. The molecule has 0 aromatic heterocycles. The van der Waals surface area contributed by atoms with Crippen molar-refractivity contribution in [1.29, 1.82) is 0 Å². The molecule has 1 atom stereocenters. The Bertz CT molecular complexity index is 203. The molecule has 2 N–H and O–H groups in total. The van der Waals surface area contributed by atoms with Gasteiger partial charge < -0.3 is 5.11 Å². The highest BCUT2D eigenvalue weighted by molar-refractivity contribution is 6.05. The number of amides is 2. The molecule has 0 aromatic carbocycles. The van der Waals surface area contributed by atoms with Gasteiger partial charge in [0, 0.05) is 13.0 Å². The number of aliphatic hydroxyl groups is 1. The Morgan fingerprint density at radius 2 is 1.92 bits per heavy atom. The van der Waals surface area contributed by atoms with Crippen molar-refractivity contribution in [3.63, 3.8) is 0 Å². The molecule has 0 spiro atoms. The van der Waals surface area contributed by atoms with Gasteiger partial charge in [-0.05, 0) is 13.3 Å². The minimum atomic E-state index is -0.433. The molecule has 0 saturated carbocycles. The Morgan fingerprint density at radius 3 is 2.08 bits per heavy atom. The van der Waals surface area contributed by atoms with E-state index in [-0.39, 0.29) is 18.4 Å². The highest BCUT2D eigenvalue weighted by Crippen LogP contribution is 2.29. The molecule has 1 rings (SSSR count). The highest BCUT2D eigenvalue weighted by atomic mass is 16.2. The summed E-state index contributed by atoms with van der Waals surface area (Å²) in [5, 5.41) is 9.85. The lowest BCUT2D eigenvalue weighted by atomic mass is 9.86. The van der Waals surface area contributed by atoms with Crippen LogP contribution in [0.5, 0.6) is 0 Å². The summed E-state index contributed by atoms with van der Waals surface area (Å²) in [6.45, 7) is 5.66. The zero-order valence-corrected chi connectivity index (χ0v) is 8.39. The standard InChI is InChI=1S/C7H11NO2.C2H6O/c1-3-7(2)4-5(9)8-6(7)10;1-2-3/h3-4H2,1-2H3,(H,8,9,10);3H,2H2,1H3. The molecule has 1 saturated heterocycles. The van der Waals surface area contributed by atoms with E-state index in [0.717, 1.165) is 6.42 Å². The summed E-state index contributed by atoms with van der Waals surface area (Å²) >= 11 is 0. The van der Waals surface area contributed by atoms with E-state index in [1.54, 1.807) is 6.92 Å². The van der Waals surface area contributed by atoms with Crippen LogP contribution in [0.3, 0.4) is 0 Å². The molecule has 0 aromatic rings. The van der Waals surface area contributed by atoms with Crippen molar-refractivity contribution in [3.8, 4) is 0 Å². The summed E-state index contributed by atoms with van der Waals surface area (Å²) in [7, 11) is 0. The van der Waals surface area contributed by atoms with Crippen LogP contribution in [0.15, 0.2) is 0 Å². The van der Waals surface area contributed by atoms with Gasteiger partial charge >= 0.3 is 0 Å². The number of carbonyl (C=O) groups is 2. The number of rotatable bonds is 1. The van der Waals surface area contributed by atoms with E-state index < -0.39 is 5.41 Å². The van der Waals surface area contributed by atoms with Gasteiger partial charge in [0.25, 0.3) is 0 Å². The maximum Gasteiger partial charge on any atom is 0.232 e. The molecule has 2 amide bonds. The molecule has 1 aliphatic heterocycles. The van der Waals surface area contributed by atoms with Crippen molar-refractivity contribution in [2.45, 2.75) is 33.6 Å². The van der Waals surface area contributed by atoms with Crippen LogP contribution >= 0.6 is 0 Å². The number of hydrogen-bond acceptors (Lipinski definition) is 3. The molecule has 0 bridgehead atoms. The Labute approximate surface area is 78.3 Å². The van der Waals surface area contributed by atoms with Crippen molar-refractivity contribution in [2.75, 3.05) is 6.61 Å². The number of hydrogen-bond donors (Lipinski definition) is 2. The van der Waals surface area contributed by atoms with Crippen molar-refractivity contribution < 1.29 is 14.7 Å². The number of aliphatic hydroxyl groups excluding tert-OH is 1. The van der Waals surface area contributed by atoms with Crippen molar-refractivity contribution in [1.82, 2.24) is 5.32 Å². The topological polar surface area (TPSA) is 66.4 Å². The van der Waals surface area contributed by atoms with Gasteiger partial charge in [0.1, 0.15) is 0 Å². The third kappa shape index (κ3) is 3.14. The van der Waals surface area contributed by atoms with Crippen LogP contribution in [-0.2, 0) is 9.59 Å². The fraction of sp³-hybridized carbons (Fsp3) is 0.778. The van der Waals surface area contributed by atoms with E-state index in [1.165, 1.54) is 0 Å². The molecular weight excluding hydrogens is 170 g/mol. The Morgan fingerprint density at radius 1 is 1.46 bits per heavy atom. The lowest BCUT2D eigenvalue weighted by Gasteiger charge is -2.14. The van der Waals surface area contributed by atoms with Gasteiger partial charge in [-0.25, -0.2) is 0 Å². The number of nitrogens with one attached hydrogen (secondary N) is 1. The van der Waals surface area contributed by atoms with Gasteiger partial charge in [-0.3, -0.25) is 14.9 Å². The first-order chi connectivity index (χ1) is 6.00. The van der Waals surface area contributed by atoms with Crippen LogP contribution < -0.4 is 5.32 Å². The summed E-state index contributed by atoms with van der Waals surface area (Å²) in [4.78, 5) is 21.7. The van der Waals surface area contributed by atoms with Gasteiger partial charge in [-0.2, -0.15) is 0 Å². The monoisotopic (exact) mass is 187 g/mol. The van der Waals surface area contributed by atoms with Crippen LogP contribution in [0, 0.1) is 5.41 Å². The molecule has 1 fully saturated rings. The molecule has 4 heteroatoms. The first kappa shape index (κ1) is 12.1. The second kappa shape index (κ2) is 4.97. The highest BCUT2D eigenvalue weighted by Gasteiger charge is 2.40. The molecule has 1 aliphatic rings. The van der Waals surface area contributed by atoms with Gasteiger partial charge in [-0.1, -0.05) is 13.8 Å².